The minimum atomic E-state index is -3.52. The van der Waals surface area contributed by atoms with Crippen LogP contribution in [0.1, 0.15) is 20.3 Å². The number of carbonyl (C=O) groups is 1. The van der Waals surface area contributed by atoms with Gasteiger partial charge in [-0.2, -0.15) is 0 Å². The molecule has 6 heteroatoms. The molecule has 0 rings (SSSR count). The third-order valence-corrected chi connectivity index (χ3v) is 3.09. The number of sulfonamides is 1. The molecule has 0 aromatic carbocycles. The molecule has 1 unspecified atom stereocenters. The average molecular weight is 223 g/mol. The van der Waals surface area contributed by atoms with Crippen LogP contribution in [0.15, 0.2) is 0 Å². The van der Waals surface area contributed by atoms with Crippen LogP contribution >= 0.6 is 0 Å². The van der Waals surface area contributed by atoms with Gasteiger partial charge in [0.25, 0.3) is 0 Å². The Morgan fingerprint density at radius 1 is 1.50 bits per heavy atom. The Balaban J connectivity index is 4.16. The van der Waals surface area contributed by atoms with E-state index in [0.717, 1.165) is 0 Å². The zero-order valence-corrected chi connectivity index (χ0v) is 9.56. The third-order valence-electron chi connectivity index (χ3n) is 1.87. The molecular formula is C8H17NO4S. The molecule has 0 aromatic heterocycles. The Labute approximate surface area is 84.9 Å². The summed E-state index contributed by atoms with van der Waals surface area (Å²) in [6.45, 7) is 3.59. The largest absolute Gasteiger partial charge is 0.384 e. The van der Waals surface area contributed by atoms with Crippen molar-refractivity contribution in [3.8, 4) is 0 Å². The standard InChI is InChI=1S/C8H17NO4S/c1-4-7(2)8(10)9-14(11,12)6-5-13-3/h7H,4-6H2,1-3H3,(H,9,10). The Kier molecular flexibility index (Phi) is 5.71. The third kappa shape index (κ3) is 5.18. The van der Waals surface area contributed by atoms with E-state index in [4.69, 9.17) is 0 Å². The van der Waals surface area contributed by atoms with Crippen molar-refractivity contribution >= 4 is 15.9 Å². The van der Waals surface area contributed by atoms with Crippen LogP contribution in [0.2, 0.25) is 0 Å². The summed E-state index contributed by atoms with van der Waals surface area (Å²) in [6.07, 6.45) is 0.617. The van der Waals surface area contributed by atoms with Crippen LogP contribution in [0.3, 0.4) is 0 Å². The van der Waals surface area contributed by atoms with E-state index >= 15 is 0 Å². The maximum Gasteiger partial charge on any atom is 0.237 e. The van der Waals surface area contributed by atoms with E-state index in [0.29, 0.717) is 6.42 Å². The lowest BCUT2D eigenvalue weighted by molar-refractivity contribution is -0.122. The van der Waals surface area contributed by atoms with Crippen molar-refractivity contribution in [2.24, 2.45) is 5.92 Å². The second-order valence-corrected chi connectivity index (χ2v) is 4.93. The fraction of sp³-hybridized carbons (Fsp3) is 0.875. The molecule has 0 aromatic rings. The molecule has 0 radical (unpaired) electrons. The molecule has 0 bridgehead atoms. The fourth-order valence-corrected chi connectivity index (χ4v) is 1.68. The molecule has 14 heavy (non-hydrogen) atoms. The van der Waals surface area contributed by atoms with Gasteiger partial charge >= 0.3 is 0 Å². The molecule has 0 aliphatic carbocycles. The molecule has 0 fully saturated rings. The van der Waals surface area contributed by atoms with Gasteiger partial charge in [-0.05, 0) is 6.42 Å². The van der Waals surface area contributed by atoms with Gasteiger partial charge in [0.15, 0.2) is 0 Å². The van der Waals surface area contributed by atoms with Crippen LogP contribution in [0, 0.1) is 5.92 Å². The van der Waals surface area contributed by atoms with Gasteiger partial charge in [0.2, 0.25) is 15.9 Å². The van der Waals surface area contributed by atoms with Crippen LogP contribution in [0.4, 0.5) is 0 Å². The summed E-state index contributed by atoms with van der Waals surface area (Å²) in [4.78, 5) is 11.2. The van der Waals surface area contributed by atoms with E-state index in [1.54, 1.807) is 6.92 Å². The van der Waals surface area contributed by atoms with E-state index in [1.807, 2.05) is 11.6 Å². The summed E-state index contributed by atoms with van der Waals surface area (Å²) in [5.74, 6) is -0.929. The molecule has 0 heterocycles. The first kappa shape index (κ1) is 13.4. The number of methoxy groups -OCH3 is 1. The second-order valence-electron chi connectivity index (χ2n) is 3.09. The summed E-state index contributed by atoms with van der Waals surface area (Å²) in [5, 5.41) is 0. The van der Waals surface area contributed by atoms with E-state index in [2.05, 4.69) is 4.74 Å². The number of nitrogens with one attached hydrogen (secondary N) is 1. The number of ether oxygens (including phenoxy) is 1. The average Bonchev–Trinajstić information content (AvgIpc) is 2.12. The lowest BCUT2D eigenvalue weighted by Gasteiger charge is -2.09. The summed E-state index contributed by atoms with van der Waals surface area (Å²) in [7, 11) is -2.11. The van der Waals surface area contributed by atoms with Gasteiger partial charge < -0.3 is 4.74 Å². The van der Waals surface area contributed by atoms with Crippen molar-refractivity contribution in [3.05, 3.63) is 0 Å². The smallest absolute Gasteiger partial charge is 0.237 e. The van der Waals surface area contributed by atoms with Gasteiger partial charge in [-0.3, -0.25) is 9.52 Å². The monoisotopic (exact) mass is 223 g/mol. The highest BCUT2D eigenvalue weighted by Crippen LogP contribution is 2.00. The van der Waals surface area contributed by atoms with Crippen molar-refractivity contribution in [2.75, 3.05) is 19.5 Å². The minimum Gasteiger partial charge on any atom is -0.384 e. The summed E-state index contributed by atoms with van der Waals surface area (Å²) in [6, 6.07) is 0. The Morgan fingerprint density at radius 2 is 2.07 bits per heavy atom. The highest BCUT2D eigenvalue weighted by molar-refractivity contribution is 7.90. The van der Waals surface area contributed by atoms with Crippen molar-refractivity contribution < 1.29 is 17.9 Å². The SMILES string of the molecule is CCC(C)C(=O)NS(=O)(=O)CCOC. The molecule has 0 aliphatic rings. The van der Waals surface area contributed by atoms with Crippen LogP contribution in [-0.2, 0) is 19.6 Å². The van der Waals surface area contributed by atoms with Gasteiger partial charge in [0.05, 0.1) is 12.4 Å². The van der Waals surface area contributed by atoms with Crippen molar-refractivity contribution in [1.82, 2.24) is 4.72 Å². The van der Waals surface area contributed by atoms with E-state index < -0.39 is 15.9 Å². The fourth-order valence-electron chi connectivity index (χ4n) is 0.683. The van der Waals surface area contributed by atoms with Crippen LogP contribution in [0.5, 0.6) is 0 Å². The highest BCUT2D eigenvalue weighted by Gasteiger charge is 2.17. The lowest BCUT2D eigenvalue weighted by Crippen LogP contribution is -2.36. The number of hydrogen-bond donors (Lipinski definition) is 1. The van der Waals surface area contributed by atoms with Gasteiger partial charge in [-0.1, -0.05) is 13.8 Å². The topological polar surface area (TPSA) is 72.5 Å². The first-order chi connectivity index (χ1) is 6.43. The molecule has 0 saturated carbocycles. The molecule has 1 amide bonds. The number of carbonyl (C=O) groups excluding carboxylic acids is 1. The number of rotatable bonds is 6. The van der Waals surface area contributed by atoms with Crippen molar-refractivity contribution in [3.63, 3.8) is 0 Å². The number of amides is 1. The molecule has 0 saturated heterocycles. The van der Waals surface area contributed by atoms with Gasteiger partial charge in [0.1, 0.15) is 0 Å². The van der Waals surface area contributed by atoms with Crippen LogP contribution in [0.25, 0.3) is 0 Å². The van der Waals surface area contributed by atoms with Crippen LogP contribution in [-0.4, -0.2) is 33.8 Å². The predicted molar refractivity (Wildman–Crippen MR) is 53.3 cm³/mol. The molecular weight excluding hydrogens is 206 g/mol. The molecule has 5 nitrogen and oxygen atoms in total. The zero-order valence-electron chi connectivity index (χ0n) is 8.74. The quantitative estimate of drug-likeness (QED) is 0.694. The normalized spacial score (nSPS) is 13.6. The molecule has 1 atom stereocenters. The van der Waals surface area contributed by atoms with Crippen LogP contribution < -0.4 is 4.72 Å². The molecule has 1 N–H and O–H groups in total. The van der Waals surface area contributed by atoms with Crippen molar-refractivity contribution in [1.29, 1.82) is 0 Å². The minimum absolute atomic E-state index is 0.0864. The summed E-state index contributed by atoms with van der Waals surface area (Å²) < 4.78 is 29.0. The first-order valence-electron chi connectivity index (χ1n) is 4.46. The Morgan fingerprint density at radius 3 is 2.50 bits per heavy atom. The maximum absolute atomic E-state index is 11.2. The lowest BCUT2D eigenvalue weighted by atomic mass is 10.1. The predicted octanol–water partition coefficient (Wildman–Crippen LogP) is 0.125. The zero-order chi connectivity index (χ0) is 11.2. The van der Waals surface area contributed by atoms with E-state index in [-0.39, 0.29) is 18.3 Å². The second kappa shape index (κ2) is 5.98. The van der Waals surface area contributed by atoms with Crippen molar-refractivity contribution in [2.45, 2.75) is 20.3 Å². The molecule has 84 valence electrons. The Bertz CT molecular complexity index is 273. The molecule has 0 aliphatic heterocycles. The van der Waals surface area contributed by atoms with Gasteiger partial charge in [-0.15, -0.1) is 0 Å². The van der Waals surface area contributed by atoms with Gasteiger partial charge in [0, 0.05) is 13.0 Å². The van der Waals surface area contributed by atoms with E-state index in [9.17, 15) is 13.2 Å². The van der Waals surface area contributed by atoms with Gasteiger partial charge in [-0.25, -0.2) is 8.42 Å². The highest BCUT2D eigenvalue weighted by atomic mass is 32.2. The summed E-state index contributed by atoms with van der Waals surface area (Å²) >= 11 is 0. The molecule has 0 spiro atoms. The maximum atomic E-state index is 11.2. The Hall–Kier alpha value is -0.620. The van der Waals surface area contributed by atoms with E-state index in [1.165, 1.54) is 7.11 Å². The first-order valence-corrected chi connectivity index (χ1v) is 6.11. The summed E-state index contributed by atoms with van der Waals surface area (Å²) in [5.41, 5.74) is 0. The number of hydrogen-bond acceptors (Lipinski definition) is 4.